The molecule has 2 aromatic rings. The van der Waals surface area contributed by atoms with Gasteiger partial charge in [0.1, 0.15) is 5.82 Å². The number of benzene rings is 2. The first kappa shape index (κ1) is 13.3. The van der Waals surface area contributed by atoms with Gasteiger partial charge in [0.25, 0.3) is 0 Å². The van der Waals surface area contributed by atoms with E-state index in [0.717, 1.165) is 16.7 Å². The van der Waals surface area contributed by atoms with Gasteiger partial charge < -0.3 is 4.74 Å². The van der Waals surface area contributed by atoms with E-state index in [1.54, 1.807) is 13.0 Å². The second-order valence-corrected chi connectivity index (χ2v) is 4.38. The van der Waals surface area contributed by atoms with Crippen molar-refractivity contribution >= 4 is 5.97 Å². The van der Waals surface area contributed by atoms with Crippen molar-refractivity contribution in [2.45, 2.75) is 12.8 Å². The topological polar surface area (TPSA) is 26.3 Å². The second-order valence-electron chi connectivity index (χ2n) is 4.38. The number of carbonyl (C=O) groups excluding carboxylic acids is 1. The van der Waals surface area contributed by atoms with Crippen molar-refractivity contribution in [3.63, 3.8) is 0 Å². The highest BCUT2D eigenvalue weighted by Gasteiger charge is 2.15. The van der Waals surface area contributed by atoms with E-state index in [-0.39, 0.29) is 17.7 Å². The molecular weight excluding hydrogens is 243 g/mol. The fraction of sp³-hybridized carbons (Fsp3) is 0.188. The highest BCUT2D eigenvalue weighted by molar-refractivity contribution is 5.78. The third-order valence-corrected chi connectivity index (χ3v) is 3.12. The quantitative estimate of drug-likeness (QED) is 0.783. The Labute approximate surface area is 111 Å². The third-order valence-electron chi connectivity index (χ3n) is 3.12. The lowest BCUT2D eigenvalue weighted by atomic mass is 9.97. The predicted octanol–water partition coefficient (Wildman–Crippen LogP) is 3.77. The highest BCUT2D eigenvalue weighted by atomic mass is 19.1. The Morgan fingerprint density at radius 1 is 1.11 bits per heavy atom. The summed E-state index contributed by atoms with van der Waals surface area (Å²) in [6, 6.07) is 13.9. The minimum Gasteiger partial charge on any atom is -0.469 e. The van der Waals surface area contributed by atoms with E-state index >= 15 is 0 Å². The largest absolute Gasteiger partial charge is 0.469 e. The summed E-state index contributed by atoms with van der Waals surface area (Å²) < 4.78 is 17.9. The molecule has 0 N–H and O–H groups in total. The van der Waals surface area contributed by atoms with E-state index in [2.05, 4.69) is 0 Å². The van der Waals surface area contributed by atoms with E-state index in [4.69, 9.17) is 4.74 Å². The molecule has 0 spiro atoms. The average Bonchev–Trinajstić information content (AvgIpc) is 2.46. The monoisotopic (exact) mass is 258 g/mol. The van der Waals surface area contributed by atoms with E-state index in [0.29, 0.717) is 0 Å². The molecule has 2 nitrogen and oxygen atoms in total. The molecule has 0 radical (unpaired) electrons. The first-order valence-electron chi connectivity index (χ1n) is 6.05. The van der Waals surface area contributed by atoms with Gasteiger partial charge in [-0.1, -0.05) is 36.4 Å². The van der Waals surface area contributed by atoms with Gasteiger partial charge in [-0.25, -0.2) is 4.39 Å². The second kappa shape index (κ2) is 5.65. The summed E-state index contributed by atoms with van der Waals surface area (Å²) in [5.74, 6) is -0.824. The Bertz CT molecular complexity index is 576. The summed E-state index contributed by atoms with van der Waals surface area (Å²) in [6.45, 7) is 1.79. The van der Waals surface area contributed by atoms with E-state index in [1.165, 1.54) is 19.2 Å². The Morgan fingerprint density at radius 3 is 2.37 bits per heavy atom. The number of halogens is 1. The molecule has 0 aliphatic heterocycles. The van der Waals surface area contributed by atoms with E-state index < -0.39 is 0 Å². The van der Waals surface area contributed by atoms with Gasteiger partial charge in [-0.2, -0.15) is 0 Å². The lowest BCUT2D eigenvalue weighted by Gasteiger charge is -2.10. The smallest absolute Gasteiger partial charge is 0.312 e. The minimum absolute atomic E-state index is 0.260. The van der Waals surface area contributed by atoms with Gasteiger partial charge in [0.15, 0.2) is 0 Å². The Morgan fingerprint density at radius 2 is 1.79 bits per heavy atom. The maximum absolute atomic E-state index is 13.2. The van der Waals surface area contributed by atoms with Crippen molar-refractivity contribution < 1.29 is 13.9 Å². The summed E-state index contributed by atoms with van der Waals surface area (Å²) in [6.07, 6.45) is 0. The fourth-order valence-corrected chi connectivity index (χ4v) is 1.95. The number of methoxy groups -OCH3 is 1. The van der Waals surface area contributed by atoms with Crippen LogP contribution in [0.1, 0.15) is 18.4 Å². The first-order chi connectivity index (χ1) is 9.11. The Balaban J connectivity index is 2.26. The molecule has 98 valence electrons. The maximum Gasteiger partial charge on any atom is 0.312 e. The lowest BCUT2D eigenvalue weighted by Crippen LogP contribution is -2.10. The number of ether oxygens (including phenoxy) is 1. The van der Waals surface area contributed by atoms with Gasteiger partial charge in [-0.3, -0.25) is 4.79 Å². The zero-order valence-electron chi connectivity index (χ0n) is 10.9. The van der Waals surface area contributed by atoms with Crippen LogP contribution in [0.3, 0.4) is 0 Å². The van der Waals surface area contributed by atoms with Crippen LogP contribution in [-0.4, -0.2) is 13.1 Å². The number of rotatable bonds is 3. The zero-order chi connectivity index (χ0) is 13.8. The summed E-state index contributed by atoms with van der Waals surface area (Å²) in [5.41, 5.74) is 2.62. The van der Waals surface area contributed by atoms with Gasteiger partial charge in [-0.15, -0.1) is 0 Å². The van der Waals surface area contributed by atoms with E-state index in [9.17, 15) is 9.18 Å². The molecule has 0 aliphatic rings. The summed E-state index contributed by atoms with van der Waals surface area (Å²) >= 11 is 0. The molecule has 1 atom stereocenters. The molecule has 0 fully saturated rings. The van der Waals surface area contributed by atoms with Crippen molar-refractivity contribution in [2.75, 3.05) is 7.11 Å². The summed E-state index contributed by atoms with van der Waals surface area (Å²) in [7, 11) is 1.37. The van der Waals surface area contributed by atoms with Gasteiger partial charge in [0, 0.05) is 0 Å². The number of carbonyl (C=O) groups is 1. The number of hydrogen-bond donors (Lipinski definition) is 0. The van der Waals surface area contributed by atoms with Crippen LogP contribution in [0.2, 0.25) is 0 Å². The van der Waals surface area contributed by atoms with Crippen LogP contribution in [0.25, 0.3) is 11.1 Å². The minimum atomic E-state index is -0.299. The SMILES string of the molecule is COC(=O)C(C)c1ccc(-c2cccc(F)c2)cc1. The van der Waals surface area contributed by atoms with Gasteiger partial charge in [0.05, 0.1) is 13.0 Å². The summed E-state index contributed by atoms with van der Waals surface area (Å²) in [4.78, 5) is 11.4. The zero-order valence-corrected chi connectivity index (χ0v) is 10.9. The summed E-state index contributed by atoms with van der Waals surface area (Å²) in [5, 5.41) is 0. The molecule has 0 saturated carbocycles. The fourth-order valence-electron chi connectivity index (χ4n) is 1.95. The molecule has 0 amide bonds. The van der Waals surface area contributed by atoms with Gasteiger partial charge >= 0.3 is 5.97 Å². The van der Waals surface area contributed by atoms with Crippen LogP contribution >= 0.6 is 0 Å². The first-order valence-corrected chi connectivity index (χ1v) is 6.05. The molecule has 1 unspecified atom stereocenters. The highest BCUT2D eigenvalue weighted by Crippen LogP contribution is 2.23. The van der Waals surface area contributed by atoms with E-state index in [1.807, 2.05) is 30.3 Å². The molecule has 0 bridgehead atoms. The molecule has 2 aromatic carbocycles. The lowest BCUT2D eigenvalue weighted by molar-refractivity contribution is -0.141. The van der Waals surface area contributed by atoms with Crippen molar-refractivity contribution in [1.29, 1.82) is 0 Å². The normalized spacial score (nSPS) is 11.9. The van der Waals surface area contributed by atoms with Crippen molar-refractivity contribution in [3.05, 3.63) is 59.9 Å². The molecule has 0 heterocycles. The number of hydrogen-bond acceptors (Lipinski definition) is 2. The third kappa shape index (κ3) is 2.99. The molecule has 0 aliphatic carbocycles. The number of esters is 1. The molecule has 3 heteroatoms. The van der Waals surface area contributed by atoms with Crippen LogP contribution in [-0.2, 0) is 9.53 Å². The molecule has 0 saturated heterocycles. The predicted molar refractivity (Wildman–Crippen MR) is 72.3 cm³/mol. The standard InChI is InChI=1S/C16H15FO2/c1-11(16(18)19-2)12-6-8-13(9-7-12)14-4-3-5-15(17)10-14/h3-11H,1-2H3. The van der Waals surface area contributed by atoms with Crippen LogP contribution in [0, 0.1) is 5.82 Å². The van der Waals surface area contributed by atoms with Gasteiger partial charge in [-0.05, 0) is 35.7 Å². The van der Waals surface area contributed by atoms with Crippen LogP contribution < -0.4 is 0 Å². The van der Waals surface area contributed by atoms with Crippen LogP contribution in [0.4, 0.5) is 4.39 Å². The van der Waals surface area contributed by atoms with Gasteiger partial charge in [0.2, 0.25) is 0 Å². The molecule has 0 aromatic heterocycles. The maximum atomic E-state index is 13.2. The van der Waals surface area contributed by atoms with Crippen molar-refractivity contribution in [1.82, 2.24) is 0 Å². The Hall–Kier alpha value is -2.16. The molecule has 2 rings (SSSR count). The van der Waals surface area contributed by atoms with Crippen LogP contribution in [0.5, 0.6) is 0 Å². The average molecular weight is 258 g/mol. The van der Waals surface area contributed by atoms with Crippen molar-refractivity contribution in [3.8, 4) is 11.1 Å². The molecular formula is C16H15FO2. The Kier molecular flexibility index (Phi) is 3.95. The van der Waals surface area contributed by atoms with Crippen LogP contribution in [0.15, 0.2) is 48.5 Å². The molecule has 19 heavy (non-hydrogen) atoms. The van der Waals surface area contributed by atoms with Crippen molar-refractivity contribution in [2.24, 2.45) is 0 Å².